The maximum Gasteiger partial charge on any atom is 0.267 e. The Morgan fingerprint density at radius 3 is 2.52 bits per heavy atom. The Hall–Kier alpha value is -2.95. The van der Waals surface area contributed by atoms with Gasteiger partial charge >= 0.3 is 0 Å². The van der Waals surface area contributed by atoms with Crippen molar-refractivity contribution >= 4 is 16.8 Å². The second kappa shape index (κ2) is 5.20. The maximum absolute atomic E-state index is 12.1. The molecule has 4 N–H and O–H groups in total. The molecule has 0 saturated heterocycles. The van der Waals surface area contributed by atoms with Crippen LogP contribution in [0.5, 0.6) is 11.5 Å². The molecule has 0 radical (unpaired) electrons. The number of amides is 1. The number of aromatic amines is 1. The van der Waals surface area contributed by atoms with Gasteiger partial charge in [-0.3, -0.25) is 4.79 Å². The number of benzene rings is 2. The number of phenolic OH excluding ortho intramolecular Hbond substituents is 2. The van der Waals surface area contributed by atoms with E-state index in [4.69, 9.17) is 0 Å². The summed E-state index contributed by atoms with van der Waals surface area (Å²) in [6.07, 6.45) is 0. The van der Waals surface area contributed by atoms with Crippen LogP contribution in [0.4, 0.5) is 0 Å². The summed E-state index contributed by atoms with van der Waals surface area (Å²) in [5.74, 6) is -0.674. The third-order valence-corrected chi connectivity index (χ3v) is 3.26. The molecular weight excluding hydrogens is 268 g/mol. The zero-order valence-corrected chi connectivity index (χ0v) is 11.1. The number of carbonyl (C=O) groups excluding carboxylic acids is 1. The lowest BCUT2D eigenvalue weighted by Crippen LogP contribution is -2.22. The molecule has 3 aromatic rings. The SMILES string of the molecule is O=C(NCc1ccccc1)c1cc2cc(O)c(O)cc2[nH]1. The molecule has 0 aliphatic heterocycles. The molecule has 0 atom stereocenters. The van der Waals surface area contributed by atoms with E-state index in [1.54, 1.807) is 6.07 Å². The van der Waals surface area contributed by atoms with Gasteiger partial charge in [-0.25, -0.2) is 0 Å². The molecule has 0 aliphatic rings. The largest absolute Gasteiger partial charge is 0.504 e. The first kappa shape index (κ1) is 13.1. The Bertz CT molecular complexity index is 755. The summed E-state index contributed by atoms with van der Waals surface area (Å²) in [6, 6.07) is 14.0. The minimum absolute atomic E-state index is 0.210. The van der Waals surface area contributed by atoms with Gasteiger partial charge in [0.2, 0.25) is 0 Å². The fraction of sp³-hybridized carbons (Fsp3) is 0.0625. The van der Waals surface area contributed by atoms with Gasteiger partial charge in [0, 0.05) is 23.5 Å². The van der Waals surface area contributed by atoms with Crippen molar-refractivity contribution in [3.63, 3.8) is 0 Å². The summed E-state index contributed by atoms with van der Waals surface area (Å²) in [7, 11) is 0. The average molecular weight is 282 g/mol. The standard InChI is InChI=1S/C16H14N2O3/c19-14-7-11-6-13(18-12(11)8-15(14)20)16(21)17-9-10-4-2-1-3-5-10/h1-8,18-20H,9H2,(H,17,21). The van der Waals surface area contributed by atoms with Crippen LogP contribution in [0.25, 0.3) is 10.9 Å². The van der Waals surface area contributed by atoms with E-state index in [1.807, 2.05) is 30.3 Å². The van der Waals surface area contributed by atoms with Gasteiger partial charge in [-0.1, -0.05) is 30.3 Å². The van der Waals surface area contributed by atoms with Gasteiger partial charge in [0.25, 0.3) is 5.91 Å². The van der Waals surface area contributed by atoms with Crippen LogP contribution in [-0.4, -0.2) is 21.1 Å². The quantitative estimate of drug-likeness (QED) is 0.557. The number of phenols is 2. The van der Waals surface area contributed by atoms with Crippen molar-refractivity contribution in [3.05, 3.63) is 59.8 Å². The van der Waals surface area contributed by atoms with Crippen molar-refractivity contribution in [1.82, 2.24) is 10.3 Å². The van der Waals surface area contributed by atoms with Gasteiger partial charge in [0.05, 0.1) is 0 Å². The third kappa shape index (κ3) is 2.67. The molecule has 1 amide bonds. The number of aromatic nitrogens is 1. The lowest BCUT2D eigenvalue weighted by atomic mass is 10.2. The van der Waals surface area contributed by atoms with E-state index in [9.17, 15) is 15.0 Å². The lowest BCUT2D eigenvalue weighted by Gasteiger charge is -2.03. The number of hydrogen-bond acceptors (Lipinski definition) is 3. The molecule has 0 spiro atoms. The number of fused-ring (bicyclic) bond motifs is 1. The minimum Gasteiger partial charge on any atom is -0.504 e. The van der Waals surface area contributed by atoms with Gasteiger partial charge in [-0.15, -0.1) is 0 Å². The minimum atomic E-state index is -0.242. The van der Waals surface area contributed by atoms with Crippen LogP contribution >= 0.6 is 0 Å². The highest BCUT2D eigenvalue weighted by Gasteiger charge is 2.11. The topological polar surface area (TPSA) is 85.3 Å². The van der Waals surface area contributed by atoms with Crippen molar-refractivity contribution in [2.45, 2.75) is 6.54 Å². The molecule has 0 unspecified atom stereocenters. The Kier molecular flexibility index (Phi) is 3.23. The molecule has 5 heteroatoms. The Labute approximate surface area is 120 Å². The first-order valence-corrected chi connectivity index (χ1v) is 6.50. The van der Waals surface area contributed by atoms with Gasteiger partial charge in [-0.2, -0.15) is 0 Å². The molecular formula is C16H14N2O3. The molecule has 0 fully saturated rings. The molecule has 1 aromatic heterocycles. The van der Waals surface area contributed by atoms with Crippen LogP contribution in [0.15, 0.2) is 48.5 Å². The van der Waals surface area contributed by atoms with Crippen LogP contribution in [-0.2, 0) is 6.54 Å². The number of carbonyl (C=O) groups is 1. The molecule has 5 nitrogen and oxygen atoms in total. The van der Waals surface area contributed by atoms with Crippen molar-refractivity contribution in [2.75, 3.05) is 0 Å². The van der Waals surface area contributed by atoms with Crippen LogP contribution in [0, 0.1) is 0 Å². The zero-order chi connectivity index (χ0) is 14.8. The fourth-order valence-corrected chi connectivity index (χ4v) is 2.15. The molecule has 3 rings (SSSR count). The van der Waals surface area contributed by atoms with Crippen LogP contribution in [0.3, 0.4) is 0 Å². The van der Waals surface area contributed by atoms with E-state index in [1.165, 1.54) is 12.1 Å². The number of H-pyrrole nitrogens is 1. The number of hydrogen-bond donors (Lipinski definition) is 4. The highest BCUT2D eigenvalue weighted by molar-refractivity contribution is 5.98. The predicted octanol–water partition coefficient (Wildman–Crippen LogP) is 2.51. The number of aromatic hydroxyl groups is 2. The summed E-state index contributed by atoms with van der Waals surface area (Å²) < 4.78 is 0. The highest BCUT2D eigenvalue weighted by atomic mass is 16.3. The molecule has 106 valence electrons. The zero-order valence-electron chi connectivity index (χ0n) is 11.1. The smallest absolute Gasteiger partial charge is 0.267 e. The van der Waals surface area contributed by atoms with Crippen molar-refractivity contribution in [2.24, 2.45) is 0 Å². The van der Waals surface area contributed by atoms with Crippen molar-refractivity contribution in [1.29, 1.82) is 0 Å². The van der Waals surface area contributed by atoms with E-state index < -0.39 is 0 Å². The first-order valence-electron chi connectivity index (χ1n) is 6.50. The van der Waals surface area contributed by atoms with E-state index in [2.05, 4.69) is 10.3 Å². The summed E-state index contributed by atoms with van der Waals surface area (Å²) in [5.41, 5.74) is 1.98. The van der Waals surface area contributed by atoms with E-state index in [-0.39, 0.29) is 17.4 Å². The maximum atomic E-state index is 12.1. The number of rotatable bonds is 3. The molecule has 1 heterocycles. The summed E-state index contributed by atoms with van der Waals surface area (Å²) >= 11 is 0. The molecule has 0 bridgehead atoms. The second-order valence-electron chi connectivity index (χ2n) is 4.78. The Morgan fingerprint density at radius 1 is 1.05 bits per heavy atom. The Morgan fingerprint density at radius 2 is 1.76 bits per heavy atom. The highest BCUT2D eigenvalue weighted by Crippen LogP contribution is 2.30. The first-order chi connectivity index (χ1) is 10.1. The van der Waals surface area contributed by atoms with Crippen molar-refractivity contribution in [3.8, 4) is 11.5 Å². The molecule has 0 saturated carbocycles. The van der Waals surface area contributed by atoms with E-state index >= 15 is 0 Å². The summed E-state index contributed by atoms with van der Waals surface area (Å²) in [6.45, 7) is 0.436. The van der Waals surface area contributed by atoms with Gasteiger partial charge < -0.3 is 20.5 Å². The van der Waals surface area contributed by atoms with Crippen molar-refractivity contribution < 1.29 is 15.0 Å². The Balaban J connectivity index is 1.78. The third-order valence-electron chi connectivity index (χ3n) is 3.26. The number of nitrogens with one attached hydrogen (secondary N) is 2. The van der Waals surface area contributed by atoms with Gasteiger partial charge in [0.1, 0.15) is 5.69 Å². The second-order valence-corrected chi connectivity index (χ2v) is 4.78. The molecule has 21 heavy (non-hydrogen) atoms. The fourth-order valence-electron chi connectivity index (χ4n) is 2.15. The monoisotopic (exact) mass is 282 g/mol. The van der Waals surface area contributed by atoms with Crippen LogP contribution in [0.1, 0.15) is 16.1 Å². The van der Waals surface area contributed by atoms with Crippen LogP contribution in [0.2, 0.25) is 0 Å². The van der Waals surface area contributed by atoms with Crippen LogP contribution < -0.4 is 5.32 Å². The molecule has 0 aliphatic carbocycles. The van der Waals surface area contributed by atoms with E-state index in [0.29, 0.717) is 23.1 Å². The molecule has 2 aromatic carbocycles. The summed E-state index contributed by atoms with van der Waals surface area (Å²) in [4.78, 5) is 15.0. The summed E-state index contributed by atoms with van der Waals surface area (Å²) in [5, 5.41) is 22.4. The predicted molar refractivity (Wildman–Crippen MR) is 79.2 cm³/mol. The normalized spacial score (nSPS) is 10.7. The lowest BCUT2D eigenvalue weighted by molar-refractivity contribution is 0.0946. The van der Waals surface area contributed by atoms with E-state index in [0.717, 1.165) is 5.56 Å². The average Bonchev–Trinajstić information content (AvgIpc) is 2.89. The van der Waals surface area contributed by atoms with Gasteiger partial charge in [0.15, 0.2) is 11.5 Å². The van der Waals surface area contributed by atoms with Gasteiger partial charge in [-0.05, 0) is 17.7 Å².